The molecule has 0 radical (unpaired) electrons. The van der Waals surface area contributed by atoms with Crippen molar-refractivity contribution in [3.8, 4) is 5.75 Å². The minimum atomic E-state index is -3.47. The number of hydrogen-bond donors (Lipinski definition) is 2. The van der Waals surface area contributed by atoms with Crippen molar-refractivity contribution in [3.63, 3.8) is 0 Å². The van der Waals surface area contributed by atoms with Crippen LogP contribution in [0, 0.1) is 0 Å². The summed E-state index contributed by atoms with van der Waals surface area (Å²) in [5.41, 5.74) is 0. The number of rotatable bonds is 4. The second-order valence-corrected chi connectivity index (χ2v) is 6.68. The first-order chi connectivity index (χ1) is 8.53. The van der Waals surface area contributed by atoms with Gasteiger partial charge in [-0.2, -0.15) is 0 Å². The van der Waals surface area contributed by atoms with Gasteiger partial charge in [-0.25, -0.2) is 13.1 Å². The third kappa shape index (κ3) is 4.06. The maximum Gasteiger partial charge on any atom is 0.240 e. The van der Waals surface area contributed by atoms with Crippen molar-refractivity contribution in [2.45, 2.75) is 17.4 Å². The van der Waals surface area contributed by atoms with Gasteiger partial charge in [0, 0.05) is 12.6 Å². The molecule has 0 amide bonds. The van der Waals surface area contributed by atoms with Gasteiger partial charge in [0.05, 0.1) is 16.5 Å². The number of nitrogens with one attached hydrogen (secondary N) is 2. The summed E-state index contributed by atoms with van der Waals surface area (Å²) in [4.78, 5) is 0.238. The molecule has 5 nitrogen and oxygen atoms in total. The van der Waals surface area contributed by atoms with Crippen LogP contribution in [0.15, 0.2) is 27.6 Å². The van der Waals surface area contributed by atoms with E-state index in [-0.39, 0.29) is 23.3 Å². The molecule has 1 aliphatic heterocycles. The van der Waals surface area contributed by atoms with E-state index < -0.39 is 10.0 Å². The number of benzene rings is 1. The van der Waals surface area contributed by atoms with Gasteiger partial charge in [-0.05, 0) is 47.1 Å². The average molecular weight is 372 g/mol. The summed E-state index contributed by atoms with van der Waals surface area (Å²) < 4.78 is 32.7. The molecule has 1 heterocycles. The molecule has 1 unspecified atom stereocenters. The summed E-state index contributed by atoms with van der Waals surface area (Å²) in [5.74, 6) is 0.608. The Bertz CT molecular complexity index is 533. The monoisotopic (exact) mass is 370 g/mol. The smallest absolute Gasteiger partial charge is 0.240 e. The van der Waals surface area contributed by atoms with Gasteiger partial charge in [0.1, 0.15) is 5.75 Å². The van der Waals surface area contributed by atoms with Crippen LogP contribution in [0.25, 0.3) is 0 Å². The summed E-state index contributed by atoms with van der Waals surface area (Å²) in [6, 6.07) is 4.68. The minimum Gasteiger partial charge on any atom is -0.496 e. The summed E-state index contributed by atoms with van der Waals surface area (Å²) >= 11 is 3.28. The fourth-order valence-electron chi connectivity index (χ4n) is 1.86. The van der Waals surface area contributed by atoms with E-state index in [9.17, 15) is 8.42 Å². The zero-order valence-corrected chi connectivity index (χ0v) is 13.6. The first-order valence-electron chi connectivity index (χ1n) is 5.59. The van der Waals surface area contributed by atoms with Gasteiger partial charge in [-0.3, -0.25) is 0 Å². The van der Waals surface area contributed by atoms with Crippen LogP contribution in [-0.2, 0) is 10.0 Å². The van der Waals surface area contributed by atoms with E-state index in [0.29, 0.717) is 16.8 Å². The zero-order chi connectivity index (χ0) is 13.2. The van der Waals surface area contributed by atoms with Crippen molar-refractivity contribution in [2.24, 2.45) is 0 Å². The number of ether oxygens (including phenoxy) is 1. The lowest BCUT2D eigenvalue weighted by Crippen LogP contribution is -2.36. The van der Waals surface area contributed by atoms with Crippen molar-refractivity contribution < 1.29 is 13.2 Å². The molecule has 0 aliphatic carbocycles. The molecule has 0 spiro atoms. The van der Waals surface area contributed by atoms with Crippen LogP contribution in [0.5, 0.6) is 5.75 Å². The Labute approximate surface area is 127 Å². The standard InChI is InChI=1S/C11H15BrN2O3S.ClH/c1-17-11-3-2-9(6-10(11)12)18(15,16)14-8-4-5-13-7-8;/h2-3,6,8,13-14H,4-5,7H2,1H3;1H. The maximum atomic E-state index is 12.1. The average Bonchev–Trinajstić information content (AvgIpc) is 2.81. The van der Waals surface area contributed by atoms with Gasteiger partial charge >= 0.3 is 0 Å². The van der Waals surface area contributed by atoms with E-state index in [1.165, 1.54) is 13.2 Å². The molecule has 19 heavy (non-hydrogen) atoms. The molecule has 0 bridgehead atoms. The Morgan fingerprint density at radius 3 is 2.74 bits per heavy atom. The van der Waals surface area contributed by atoms with E-state index in [0.717, 1.165) is 13.0 Å². The van der Waals surface area contributed by atoms with Crippen molar-refractivity contribution in [2.75, 3.05) is 20.2 Å². The summed E-state index contributed by atoms with van der Waals surface area (Å²) in [5, 5.41) is 3.12. The molecular weight excluding hydrogens is 356 g/mol. The Morgan fingerprint density at radius 2 is 2.21 bits per heavy atom. The Hall–Kier alpha value is -0.340. The normalized spacial score (nSPS) is 18.9. The third-order valence-corrected chi connectivity index (χ3v) is 4.95. The van der Waals surface area contributed by atoms with Gasteiger partial charge in [0.25, 0.3) is 0 Å². The molecule has 2 N–H and O–H groups in total. The lowest BCUT2D eigenvalue weighted by Gasteiger charge is -2.13. The van der Waals surface area contributed by atoms with E-state index in [4.69, 9.17) is 4.74 Å². The maximum absolute atomic E-state index is 12.1. The summed E-state index contributed by atoms with van der Waals surface area (Å²) in [6.07, 6.45) is 0.816. The van der Waals surface area contributed by atoms with Gasteiger partial charge < -0.3 is 10.1 Å². The molecule has 1 aliphatic rings. The van der Waals surface area contributed by atoms with Crippen molar-refractivity contribution in [1.29, 1.82) is 0 Å². The zero-order valence-electron chi connectivity index (χ0n) is 10.3. The van der Waals surface area contributed by atoms with Crippen LogP contribution < -0.4 is 14.8 Å². The number of methoxy groups -OCH3 is 1. The molecule has 0 aromatic heterocycles. The van der Waals surface area contributed by atoms with E-state index in [1.807, 2.05) is 0 Å². The highest BCUT2D eigenvalue weighted by Gasteiger charge is 2.23. The molecule has 1 aromatic carbocycles. The fourth-order valence-corrected chi connectivity index (χ4v) is 3.85. The molecule has 2 rings (SSSR count). The third-order valence-electron chi connectivity index (χ3n) is 2.82. The van der Waals surface area contributed by atoms with Gasteiger partial charge in [-0.15, -0.1) is 12.4 Å². The lowest BCUT2D eigenvalue weighted by atomic mass is 10.3. The quantitative estimate of drug-likeness (QED) is 0.842. The molecule has 1 fully saturated rings. The largest absolute Gasteiger partial charge is 0.496 e. The predicted octanol–water partition coefficient (Wildman–Crippen LogP) is 1.52. The summed E-state index contributed by atoms with van der Waals surface area (Å²) in [6.45, 7) is 1.52. The summed E-state index contributed by atoms with van der Waals surface area (Å²) in [7, 11) is -1.93. The van der Waals surface area contributed by atoms with Gasteiger partial charge in [-0.1, -0.05) is 0 Å². The Balaban J connectivity index is 0.00000180. The van der Waals surface area contributed by atoms with E-state index >= 15 is 0 Å². The highest BCUT2D eigenvalue weighted by Crippen LogP contribution is 2.27. The second-order valence-electron chi connectivity index (χ2n) is 4.11. The first kappa shape index (κ1) is 16.7. The Morgan fingerprint density at radius 1 is 1.47 bits per heavy atom. The highest BCUT2D eigenvalue weighted by molar-refractivity contribution is 9.10. The molecule has 8 heteroatoms. The molecule has 0 saturated carbocycles. The van der Waals surface area contributed by atoms with E-state index in [2.05, 4.69) is 26.0 Å². The number of halogens is 2. The van der Waals surface area contributed by atoms with Gasteiger partial charge in [0.2, 0.25) is 10.0 Å². The highest BCUT2D eigenvalue weighted by atomic mass is 79.9. The molecular formula is C11H16BrClN2O3S. The molecule has 1 aromatic rings. The van der Waals surface area contributed by atoms with Crippen LogP contribution in [0.3, 0.4) is 0 Å². The SMILES string of the molecule is COc1ccc(S(=O)(=O)NC2CCNC2)cc1Br.Cl. The van der Waals surface area contributed by atoms with Crippen LogP contribution in [0.4, 0.5) is 0 Å². The second kappa shape index (κ2) is 6.90. The molecule has 1 atom stereocenters. The van der Waals surface area contributed by atoms with E-state index in [1.54, 1.807) is 12.1 Å². The minimum absolute atomic E-state index is 0. The van der Waals surface area contributed by atoms with Crippen LogP contribution >= 0.6 is 28.3 Å². The van der Waals surface area contributed by atoms with Crippen molar-refractivity contribution in [3.05, 3.63) is 22.7 Å². The number of hydrogen-bond acceptors (Lipinski definition) is 4. The topological polar surface area (TPSA) is 67.4 Å². The van der Waals surface area contributed by atoms with Crippen molar-refractivity contribution >= 4 is 38.4 Å². The lowest BCUT2D eigenvalue weighted by molar-refractivity contribution is 0.411. The number of sulfonamides is 1. The molecule has 108 valence electrons. The fraction of sp³-hybridized carbons (Fsp3) is 0.455. The first-order valence-corrected chi connectivity index (χ1v) is 7.87. The Kier molecular flexibility index (Phi) is 6.07. The van der Waals surface area contributed by atoms with Crippen LogP contribution in [0.2, 0.25) is 0 Å². The van der Waals surface area contributed by atoms with Crippen LogP contribution in [-0.4, -0.2) is 34.7 Å². The van der Waals surface area contributed by atoms with Gasteiger partial charge in [0.15, 0.2) is 0 Å². The molecule has 1 saturated heterocycles. The predicted molar refractivity (Wildman–Crippen MR) is 79.5 cm³/mol. The van der Waals surface area contributed by atoms with Crippen molar-refractivity contribution in [1.82, 2.24) is 10.0 Å². The van der Waals surface area contributed by atoms with Crippen LogP contribution in [0.1, 0.15) is 6.42 Å².